The molecular formula is C28H47N7O3S. The lowest BCUT2D eigenvalue weighted by atomic mass is 10.1. The number of rotatable bonds is 15. The molecule has 0 radical (unpaired) electrons. The van der Waals surface area contributed by atoms with Crippen LogP contribution < -0.4 is 4.72 Å². The Bertz CT molecular complexity index is 1110. The summed E-state index contributed by atoms with van der Waals surface area (Å²) in [5, 5.41) is 4.70. The van der Waals surface area contributed by atoms with Crippen LogP contribution in [0.15, 0.2) is 30.3 Å². The molecule has 1 aromatic heterocycles. The Morgan fingerprint density at radius 2 is 1.77 bits per heavy atom. The van der Waals surface area contributed by atoms with E-state index in [1.807, 2.05) is 42.2 Å². The van der Waals surface area contributed by atoms with Gasteiger partial charge in [0.05, 0.1) is 18.3 Å². The Labute approximate surface area is 234 Å². The molecule has 2 aromatic rings. The average molecular weight is 562 g/mol. The fourth-order valence-electron chi connectivity index (χ4n) is 5.01. The van der Waals surface area contributed by atoms with E-state index >= 15 is 0 Å². The molecule has 1 aromatic carbocycles. The second-order valence-corrected chi connectivity index (χ2v) is 12.2. The summed E-state index contributed by atoms with van der Waals surface area (Å²) in [6.45, 7) is 11.2. The van der Waals surface area contributed by atoms with Crippen LogP contribution in [0.25, 0.3) is 0 Å². The maximum atomic E-state index is 13.1. The minimum absolute atomic E-state index is 0.00330. The second kappa shape index (κ2) is 15.3. The van der Waals surface area contributed by atoms with Crippen molar-refractivity contribution < 1.29 is 13.2 Å². The largest absolute Gasteiger partial charge is 0.325 e. The number of carbonyl (C=O) groups is 1. The van der Waals surface area contributed by atoms with E-state index in [9.17, 15) is 13.2 Å². The van der Waals surface area contributed by atoms with E-state index < -0.39 is 16.1 Å². The van der Waals surface area contributed by atoms with Crippen molar-refractivity contribution >= 4 is 16.1 Å². The number of urea groups is 1. The average Bonchev–Trinajstić information content (AvgIpc) is 3.36. The fraction of sp³-hybridized carbons (Fsp3) is 0.679. The van der Waals surface area contributed by atoms with Gasteiger partial charge in [0.1, 0.15) is 5.82 Å². The zero-order valence-corrected chi connectivity index (χ0v) is 25.0. The maximum absolute atomic E-state index is 13.1. The molecule has 1 aliphatic heterocycles. The van der Waals surface area contributed by atoms with Gasteiger partial charge >= 0.3 is 6.03 Å². The van der Waals surface area contributed by atoms with E-state index in [1.165, 1.54) is 0 Å². The maximum Gasteiger partial charge on any atom is 0.320 e. The van der Waals surface area contributed by atoms with Crippen molar-refractivity contribution in [3.8, 4) is 0 Å². The van der Waals surface area contributed by atoms with Crippen molar-refractivity contribution in [3.05, 3.63) is 47.5 Å². The van der Waals surface area contributed by atoms with Gasteiger partial charge in [-0.25, -0.2) is 27.6 Å². The molecule has 218 valence electrons. The minimum Gasteiger partial charge on any atom is -0.325 e. The standard InChI is InChI=1S/C28H47N7O3S/c1-5-33(6-2)19-14-22-39(37,38)31-25(18-17-24-15-10-8-11-16-24)27-29-26(35(7-3)30-27)23-32(4)28(36)34-20-12-9-13-21-34/h8,10-11,15-16,25,31H,5-7,9,12-14,17-23H2,1-4H3/t25-/m1/s1. The van der Waals surface area contributed by atoms with Gasteiger partial charge in [0, 0.05) is 26.7 Å². The Kier molecular flexibility index (Phi) is 12.2. The van der Waals surface area contributed by atoms with Gasteiger partial charge in [0.2, 0.25) is 10.0 Å². The Balaban J connectivity index is 1.75. The fourth-order valence-corrected chi connectivity index (χ4v) is 6.29. The number of nitrogens with one attached hydrogen (secondary N) is 1. The smallest absolute Gasteiger partial charge is 0.320 e. The predicted octanol–water partition coefficient (Wildman–Crippen LogP) is 3.66. The van der Waals surface area contributed by atoms with Crippen LogP contribution in [0.3, 0.4) is 0 Å². The number of aryl methyl sites for hydroxylation is 2. The highest BCUT2D eigenvalue weighted by molar-refractivity contribution is 7.89. The number of aromatic nitrogens is 3. The van der Waals surface area contributed by atoms with E-state index in [-0.39, 0.29) is 11.8 Å². The van der Waals surface area contributed by atoms with Crippen LogP contribution in [0.2, 0.25) is 0 Å². The molecule has 1 fully saturated rings. The third-order valence-corrected chi connectivity index (χ3v) is 8.85. The molecule has 2 amide bonds. The van der Waals surface area contributed by atoms with Crippen molar-refractivity contribution in [1.29, 1.82) is 0 Å². The number of benzene rings is 1. The number of nitrogens with zero attached hydrogens (tertiary/aromatic N) is 6. The van der Waals surface area contributed by atoms with E-state index in [0.29, 0.717) is 44.0 Å². The number of hydrogen-bond acceptors (Lipinski definition) is 6. The lowest BCUT2D eigenvalue weighted by Crippen LogP contribution is -2.43. The summed E-state index contributed by atoms with van der Waals surface area (Å²) in [6, 6.07) is 9.46. The zero-order chi connectivity index (χ0) is 28.3. The Morgan fingerprint density at radius 1 is 1.08 bits per heavy atom. The minimum atomic E-state index is -3.54. The van der Waals surface area contributed by atoms with Gasteiger partial charge in [0.15, 0.2) is 5.82 Å². The Morgan fingerprint density at radius 3 is 2.41 bits per heavy atom. The van der Waals surface area contributed by atoms with Crippen LogP contribution in [-0.2, 0) is 29.5 Å². The molecule has 39 heavy (non-hydrogen) atoms. The van der Waals surface area contributed by atoms with Crippen LogP contribution >= 0.6 is 0 Å². The summed E-state index contributed by atoms with van der Waals surface area (Å²) >= 11 is 0. The van der Waals surface area contributed by atoms with E-state index in [2.05, 4.69) is 23.5 Å². The summed E-state index contributed by atoms with van der Waals surface area (Å²) in [5.74, 6) is 1.17. The molecule has 1 aliphatic rings. The van der Waals surface area contributed by atoms with E-state index in [0.717, 1.165) is 57.5 Å². The van der Waals surface area contributed by atoms with Crippen molar-refractivity contribution in [2.24, 2.45) is 0 Å². The normalized spacial score (nSPS) is 15.1. The second-order valence-electron chi connectivity index (χ2n) is 10.3. The van der Waals surface area contributed by atoms with Gasteiger partial charge in [0.25, 0.3) is 0 Å². The van der Waals surface area contributed by atoms with Gasteiger partial charge in [-0.3, -0.25) is 0 Å². The highest BCUT2D eigenvalue weighted by atomic mass is 32.2. The SMILES string of the molecule is CCN(CC)CCCS(=O)(=O)N[C@H](CCc1ccccc1)c1nc(CN(C)C(=O)N2CCCCC2)n(CC)n1. The molecule has 0 aliphatic carbocycles. The van der Waals surface area contributed by atoms with Gasteiger partial charge in [-0.15, -0.1) is 0 Å². The van der Waals surface area contributed by atoms with Crippen LogP contribution in [0.5, 0.6) is 0 Å². The number of piperidine rings is 1. The Hall–Kier alpha value is -2.50. The molecule has 0 bridgehead atoms. The highest BCUT2D eigenvalue weighted by Crippen LogP contribution is 2.20. The molecule has 1 saturated heterocycles. The summed E-state index contributed by atoms with van der Waals surface area (Å²) in [6.07, 6.45) is 5.02. The molecular weight excluding hydrogens is 514 g/mol. The first-order valence-electron chi connectivity index (χ1n) is 14.5. The predicted molar refractivity (Wildman–Crippen MR) is 155 cm³/mol. The number of hydrogen-bond donors (Lipinski definition) is 1. The van der Waals surface area contributed by atoms with E-state index in [1.54, 1.807) is 16.6 Å². The third kappa shape index (κ3) is 9.58. The molecule has 0 spiro atoms. The highest BCUT2D eigenvalue weighted by Gasteiger charge is 2.26. The number of amides is 2. The van der Waals surface area contributed by atoms with Gasteiger partial charge in [-0.2, -0.15) is 5.10 Å². The van der Waals surface area contributed by atoms with Crippen LogP contribution in [0, 0.1) is 0 Å². The lowest BCUT2D eigenvalue weighted by Gasteiger charge is -2.30. The molecule has 10 nitrogen and oxygen atoms in total. The monoisotopic (exact) mass is 561 g/mol. The molecule has 11 heteroatoms. The molecule has 0 saturated carbocycles. The third-order valence-electron chi connectivity index (χ3n) is 7.38. The molecule has 1 atom stereocenters. The molecule has 0 unspecified atom stereocenters. The first kappa shape index (κ1) is 31.0. The lowest BCUT2D eigenvalue weighted by molar-refractivity contribution is 0.149. The number of sulfonamides is 1. The van der Waals surface area contributed by atoms with Crippen molar-refractivity contribution in [2.75, 3.05) is 45.5 Å². The van der Waals surface area contributed by atoms with Gasteiger partial charge in [-0.1, -0.05) is 44.2 Å². The first-order valence-corrected chi connectivity index (χ1v) is 16.1. The van der Waals surface area contributed by atoms with Crippen LogP contribution in [0.4, 0.5) is 4.79 Å². The van der Waals surface area contributed by atoms with E-state index in [4.69, 9.17) is 10.1 Å². The van der Waals surface area contributed by atoms with Crippen molar-refractivity contribution in [1.82, 2.24) is 34.2 Å². The summed E-state index contributed by atoms with van der Waals surface area (Å²) in [5.41, 5.74) is 1.13. The van der Waals surface area contributed by atoms with Crippen LogP contribution in [-0.4, -0.2) is 89.4 Å². The summed E-state index contributed by atoms with van der Waals surface area (Å²) < 4.78 is 31.0. The molecule has 1 N–H and O–H groups in total. The van der Waals surface area contributed by atoms with Gasteiger partial charge in [-0.05, 0) is 70.6 Å². The number of carbonyl (C=O) groups excluding carboxylic acids is 1. The summed E-state index contributed by atoms with van der Waals surface area (Å²) in [4.78, 5) is 23.6. The van der Waals surface area contributed by atoms with Crippen molar-refractivity contribution in [2.45, 2.75) is 78.4 Å². The summed E-state index contributed by atoms with van der Waals surface area (Å²) in [7, 11) is -1.76. The zero-order valence-electron chi connectivity index (χ0n) is 24.2. The van der Waals surface area contributed by atoms with Crippen molar-refractivity contribution in [3.63, 3.8) is 0 Å². The first-order chi connectivity index (χ1) is 18.8. The number of likely N-dealkylation sites (tertiary alicyclic amines) is 1. The van der Waals surface area contributed by atoms with Gasteiger partial charge < -0.3 is 14.7 Å². The van der Waals surface area contributed by atoms with Crippen LogP contribution in [0.1, 0.15) is 76.1 Å². The molecule has 2 heterocycles. The molecule has 3 rings (SSSR count). The topological polar surface area (TPSA) is 104 Å². The quantitative estimate of drug-likeness (QED) is 0.356.